The molecule has 0 aliphatic heterocycles. The van der Waals surface area contributed by atoms with Crippen molar-refractivity contribution in [1.82, 2.24) is 0 Å². The summed E-state index contributed by atoms with van der Waals surface area (Å²) in [6, 6.07) is 56.7. The lowest BCUT2D eigenvalue weighted by atomic mass is 9.92. The fraction of sp³-hybridized carbons (Fsp3) is 0. The van der Waals surface area contributed by atoms with E-state index in [4.69, 9.17) is 4.42 Å². The van der Waals surface area contributed by atoms with E-state index < -0.39 is 0 Å². The van der Waals surface area contributed by atoms with Crippen LogP contribution in [0.2, 0.25) is 0 Å². The van der Waals surface area contributed by atoms with E-state index in [1.807, 2.05) is 17.4 Å². The molecule has 0 spiro atoms. The second kappa shape index (κ2) is 10.3. The third kappa shape index (κ3) is 4.32. The number of thiophene rings is 1. The highest BCUT2D eigenvalue weighted by Crippen LogP contribution is 2.43. The number of hydrogen-bond donors (Lipinski definition) is 1. The number of furan rings is 1. The molecule has 0 atom stereocenters. The molecule has 10 rings (SSSR count). The summed E-state index contributed by atoms with van der Waals surface area (Å²) in [6.07, 6.45) is 0. The minimum absolute atomic E-state index is 0.896. The van der Waals surface area contributed by atoms with Crippen LogP contribution in [0.4, 0.5) is 11.4 Å². The molecule has 0 fully saturated rings. The molecule has 47 heavy (non-hydrogen) atoms. The first-order valence-corrected chi connectivity index (χ1v) is 16.7. The first kappa shape index (κ1) is 26.3. The molecule has 2 aromatic heterocycles. The quantitative estimate of drug-likeness (QED) is 0.213. The van der Waals surface area contributed by atoms with Crippen molar-refractivity contribution in [2.75, 3.05) is 5.32 Å². The van der Waals surface area contributed by atoms with Crippen LogP contribution in [0.5, 0.6) is 0 Å². The normalized spacial score (nSPS) is 11.8. The molecule has 1 N–H and O–H groups in total. The van der Waals surface area contributed by atoms with E-state index in [9.17, 15) is 0 Å². The topological polar surface area (TPSA) is 25.2 Å². The highest BCUT2D eigenvalue weighted by atomic mass is 32.1. The molecule has 8 aromatic carbocycles. The molecule has 0 unspecified atom stereocenters. The van der Waals surface area contributed by atoms with Gasteiger partial charge in [-0.2, -0.15) is 0 Å². The zero-order chi connectivity index (χ0) is 30.9. The van der Waals surface area contributed by atoms with E-state index in [2.05, 4.69) is 157 Å². The van der Waals surface area contributed by atoms with E-state index >= 15 is 0 Å². The predicted octanol–water partition coefficient (Wildman–Crippen LogP) is 13.3. The molecular formula is C44H27NOS. The monoisotopic (exact) mass is 617 g/mol. The Morgan fingerprint density at radius 3 is 2.04 bits per heavy atom. The van der Waals surface area contributed by atoms with E-state index in [1.54, 1.807) is 0 Å². The van der Waals surface area contributed by atoms with Crippen LogP contribution in [0.1, 0.15) is 0 Å². The van der Waals surface area contributed by atoms with Gasteiger partial charge in [-0.1, -0.05) is 91.0 Å². The summed E-state index contributed by atoms with van der Waals surface area (Å²) in [5, 5.41) is 13.5. The lowest BCUT2D eigenvalue weighted by molar-refractivity contribution is 0.669. The van der Waals surface area contributed by atoms with Crippen LogP contribution in [0.25, 0.3) is 85.9 Å². The zero-order valence-electron chi connectivity index (χ0n) is 25.3. The van der Waals surface area contributed by atoms with Gasteiger partial charge in [-0.25, -0.2) is 0 Å². The fourth-order valence-corrected chi connectivity index (χ4v) is 8.26. The van der Waals surface area contributed by atoms with Gasteiger partial charge in [-0.3, -0.25) is 0 Å². The van der Waals surface area contributed by atoms with Crippen LogP contribution >= 0.6 is 11.3 Å². The van der Waals surface area contributed by atoms with Gasteiger partial charge >= 0.3 is 0 Å². The Morgan fingerprint density at radius 1 is 0.404 bits per heavy atom. The number of anilines is 2. The van der Waals surface area contributed by atoms with E-state index in [-0.39, 0.29) is 0 Å². The Hall–Kier alpha value is -5.90. The molecule has 0 aliphatic carbocycles. The van der Waals surface area contributed by atoms with Crippen molar-refractivity contribution in [3.05, 3.63) is 158 Å². The van der Waals surface area contributed by atoms with Crippen LogP contribution in [0, 0.1) is 0 Å². The van der Waals surface area contributed by atoms with Crippen LogP contribution in [-0.4, -0.2) is 0 Å². The number of benzene rings is 8. The average Bonchev–Trinajstić information content (AvgIpc) is 3.68. The summed E-state index contributed by atoms with van der Waals surface area (Å²) in [6.45, 7) is 0. The third-order valence-electron chi connectivity index (χ3n) is 9.40. The maximum absolute atomic E-state index is 6.51. The molecule has 0 aliphatic rings. The molecule has 0 saturated heterocycles. The smallest absolute Gasteiger partial charge is 0.136 e. The third-order valence-corrected chi connectivity index (χ3v) is 10.5. The zero-order valence-corrected chi connectivity index (χ0v) is 26.1. The van der Waals surface area contributed by atoms with E-state index in [0.717, 1.165) is 39.1 Å². The van der Waals surface area contributed by atoms with Crippen LogP contribution < -0.4 is 5.32 Å². The standard InChI is InChI=1S/C44H27NOS/c1-2-11-32(12-3-1)45-33-17-19-34(30-16-21-42-38(23-30)39-22-28-9-4-5-10-29(28)25-43(39)47-42)37(26-33)31-14-18-36-41(24-31)46-40-20-15-27-8-6-7-13-35(27)44(36)40/h1-26,45H. The summed E-state index contributed by atoms with van der Waals surface area (Å²) in [5.41, 5.74) is 8.57. The van der Waals surface area contributed by atoms with Crippen LogP contribution in [0.15, 0.2) is 162 Å². The largest absolute Gasteiger partial charge is 0.456 e. The van der Waals surface area contributed by atoms with Gasteiger partial charge in [-0.15, -0.1) is 11.3 Å². The highest BCUT2D eigenvalue weighted by Gasteiger charge is 2.16. The Morgan fingerprint density at radius 2 is 1.15 bits per heavy atom. The average molecular weight is 618 g/mol. The Kier molecular flexibility index (Phi) is 5.78. The molecular weight excluding hydrogens is 591 g/mol. The molecule has 2 nitrogen and oxygen atoms in total. The predicted molar refractivity (Wildman–Crippen MR) is 202 cm³/mol. The number of hydrogen-bond acceptors (Lipinski definition) is 3. The van der Waals surface area contributed by atoms with Gasteiger partial charge in [0.25, 0.3) is 0 Å². The molecule has 3 heteroatoms. The SMILES string of the molecule is c1ccc(Nc2ccc(-c3ccc4sc5cc6ccccc6cc5c4c3)c(-c3ccc4c(c3)oc3ccc5ccccc5c34)c2)cc1. The maximum atomic E-state index is 6.51. The molecule has 220 valence electrons. The first-order chi connectivity index (χ1) is 23.2. The summed E-state index contributed by atoms with van der Waals surface area (Å²) < 4.78 is 9.14. The number of fused-ring (bicyclic) bond motifs is 9. The summed E-state index contributed by atoms with van der Waals surface area (Å²) in [7, 11) is 0. The molecule has 0 amide bonds. The van der Waals surface area contributed by atoms with E-state index in [0.29, 0.717) is 0 Å². The second-order valence-corrected chi connectivity index (χ2v) is 13.3. The van der Waals surface area contributed by atoms with Crippen LogP contribution in [-0.2, 0) is 0 Å². The molecule has 0 saturated carbocycles. The highest BCUT2D eigenvalue weighted by molar-refractivity contribution is 7.25. The lowest BCUT2D eigenvalue weighted by Crippen LogP contribution is -1.92. The number of para-hydroxylation sites is 1. The van der Waals surface area contributed by atoms with E-state index in [1.165, 1.54) is 58.2 Å². The summed E-state index contributed by atoms with van der Waals surface area (Å²) in [4.78, 5) is 0. The van der Waals surface area contributed by atoms with Gasteiger partial charge in [0, 0.05) is 42.3 Å². The van der Waals surface area contributed by atoms with Crippen molar-refractivity contribution >= 4 is 86.4 Å². The Labute approximate surface area is 275 Å². The number of nitrogens with one attached hydrogen (secondary N) is 1. The fourth-order valence-electron chi connectivity index (χ4n) is 7.14. The lowest BCUT2D eigenvalue weighted by Gasteiger charge is -2.15. The number of rotatable bonds is 4. The minimum Gasteiger partial charge on any atom is -0.456 e. The summed E-state index contributed by atoms with van der Waals surface area (Å²) >= 11 is 1.87. The van der Waals surface area contributed by atoms with Crippen molar-refractivity contribution in [2.24, 2.45) is 0 Å². The van der Waals surface area contributed by atoms with Gasteiger partial charge in [0.2, 0.25) is 0 Å². The van der Waals surface area contributed by atoms with Gasteiger partial charge < -0.3 is 9.73 Å². The Balaban J connectivity index is 1.17. The minimum atomic E-state index is 0.896. The van der Waals surface area contributed by atoms with Gasteiger partial charge in [0.05, 0.1) is 0 Å². The van der Waals surface area contributed by atoms with Gasteiger partial charge in [0.1, 0.15) is 11.2 Å². The summed E-state index contributed by atoms with van der Waals surface area (Å²) in [5.74, 6) is 0. The Bertz CT molecular complexity index is 2820. The van der Waals surface area contributed by atoms with Crippen molar-refractivity contribution in [3.8, 4) is 22.3 Å². The molecule has 0 radical (unpaired) electrons. The molecule has 0 bridgehead atoms. The van der Waals surface area contributed by atoms with Crippen LogP contribution in [0.3, 0.4) is 0 Å². The van der Waals surface area contributed by atoms with Crippen molar-refractivity contribution in [1.29, 1.82) is 0 Å². The maximum Gasteiger partial charge on any atom is 0.136 e. The van der Waals surface area contributed by atoms with Crippen molar-refractivity contribution < 1.29 is 4.42 Å². The first-order valence-electron chi connectivity index (χ1n) is 15.9. The molecule has 10 aromatic rings. The molecule has 2 heterocycles. The second-order valence-electron chi connectivity index (χ2n) is 12.2. The van der Waals surface area contributed by atoms with Gasteiger partial charge in [-0.05, 0) is 111 Å². The van der Waals surface area contributed by atoms with Crippen molar-refractivity contribution in [2.45, 2.75) is 0 Å². The van der Waals surface area contributed by atoms with Gasteiger partial charge in [0.15, 0.2) is 0 Å². The van der Waals surface area contributed by atoms with Crippen molar-refractivity contribution in [3.63, 3.8) is 0 Å².